The predicted molar refractivity (Wildman–Crippen MR) is 110 cm³/mol. The number of fused-ring (bicyclic) bond motifs is 1. The van der Waals surface area contributed by atoms with E-state index in [9.17, 15) is 12.8 Å². The number of halogens is 2. The zero-order valence-corrected chi connectivity index (χ0v) is 17.3. The molecule has 0 aliphatic carbocycles. The number of hydrogen-bond donors (Lipinski definition) is 2. The van der Waals surface area contributed by atoms with Crippen LogP contribution in [0.25, 0.3) is 22.4 Å². The molecule has 1 aliphatic rings. The van der Waals surface area contributed by atoms with Crippen LogP contribution in [0.5, 0.6) is 0 Å². The van der Waals surface area contributed by atoms with Gasteiger partial charge in [0.15, 0.2) is 17.5 Å². The van der Waals surface area contributed by atoms with E-state index in [0.29, 0.717) is 41.4 Å². The van der Waals surface area contributed by atoms with Crippen LogP contribution >= 0.6 is 11.6 Å². The van der Waals surface area contributed by atoms with E-state index >= 15 is 0 Å². The van der Waals surface area contributed by atoms with Crippen molar-refractivity contribution in [2.24, 2.45) is 0 Å². The predicted octanol–water partition coefficient (Wildman–Crippen LogP) is 3.04. The Kier molecular flexibility index (Phi) is 5.41. The summed E-state index contributed by atoms with van der Waals surface area (Å²) in [5.41, 5.74) is 1.27. The van der Waals surface area contributed by atoms with Crippen LogP contribution in [0.3, 0.4) is 0 Å². The molecule has 3 aromatic rings. The Labute approximate surface area is 172 Å². The fraction of sp³-hybridized carbons (Fsp3) is 0.389. The first kappa shape index (κ1) is 20.0. The third-order valence-electron chi connectivity index (χ3n) is 4.83. The van der Waals surface area contributed by atoms with E-state index in [-0.39, 0.29) is 24.2 Å². The molecular formula is C18H20ClFN6O2S. The number of hydrogen-bond acceptors (Lipinski definition) is 6. The van der Waals surface area contributed by atoms with E-state index < -0.39 is 15.8 Å². The minimum Gasteiger partial charge on any atom is -0.363 e. The molecule has 11 heteroatoms. The highest BCUT2D eigenvalue weighted by Gasteiger charge is 2.31. The third-order valence-corrected chi connectivity index (χ3v) is 7.08. The van der Waals surface area contributed by atoms with Crippen molar-refractivity contribution in [3.63, 3.8) is 0 Å². The number of sulfonamides is 1. The second-order valence-corrected chi connectivity index (χ2v) is 9.47. The number of aromatic amines is 1. The van der Waals surface area contributed by atoms with Crippen LogP contribution in [0.4, 0.5) is 10.2 Å². The standard InChI is InChI=1S/C18H20ClFN6O2S/c1-2-5-29(27,28)26-4-3-12(10-26)24-18-15(20)9-23-17(25-18)14-8-22-16-13(14)6-11(19)7-21-16/h6-9,12H,2-5,10H2,1H3,(H,21,22)(H,23,24,25). The van der Waals surface area contributed by atoms with Crippen molar-refractivity contribution in [2.75, 3.05) is 24.2 Å². The van der Waals surface area contributed by atoms with Gasteiger partial charge in [-0.3, -0.25) is 0 Å². The first-order chi connectivity index (χ1) is 13.9. The number of rotatable bonds is 6. The van der Waals surface area contributed by atoms with E-state index in [2.05, 4.69) is 25.3 Å². The summed E-state index contributed by atoms with van der Waals surface area (Å²) in [5, 5.41) is 4.23. The molecule has 1 unspecified atom stereocenters. The molecule has 1 atom stereocenters. The van der Waals surface area contributed by atoms with Crippen LogP contribution in [0, 0.1) is 5.82 Å². The molecule has 4 heterocycles. The van der Waals surface area contributed by atoms with Crippen LogP contribution in [-0.2, 0) is 10.0 Å². The first-order valence-corrected chi connectivity index (χ1v) is 11.3. The zero-order chi connectivity index (χ0) is 20.6. The molecule has 0 saturated carbocycles. The van der Waals surface area contributed by atoms with Crippen LogP contribution < -0.4 is 5.32 Å². The van der Waals surface area contributed by atoms with Gasteiger partial charge in [0.1, 0.15) is 5.65 Å². The van der Waals surface area contributed by atoms with Crippen molar-refractivity contribution in [2.45, 2.75) is 25.8 Å². The molecule has 154 valence electrons. The van der Waals surface area contributed by atoms with E-state index in [1.165, 1.54) is 10.5 Å². The summed E-state index contributed by atoms with van der Waals surface area (Å²) >= 11 is 6.03. The van der Waals surface area contributed by atoms with Gasteiger partial charge in [0.25, 0.3) is 0 Å². The molecular weight excluding hydrogens is 419 g/mol. The number of anilines is 1. The lowest BCUT2D eigenvalue weighted by Crippen LogP contribution is -2.33. The smallest absolute Gasteiger partial charge is 0.214 e. The minimum atomic E-state index is -3.27. The van der Waals surface area contributed by atoms with Crippen molar-refractivity contribution in [3.05, 3.63) is 35.5 Å². The highest BCUT2D eigenvalue weighted by molar-refractivity contribution is 7.89. The average molecular weight is 439 g/mol. The molecule has 0 aromatic carbocycles. The van der Waals surface area contributed by atoms with Gasteiger partial charge in [-0.2, -0.15) is 4.31 Å². The van der Waals surface area contributed by atoms with Crippen LogP contribution in [0.15, 0.2) is 24.7 Å². The lowest BCUT2D eigenvalue weighted by molar-refractivity contribution is 0.473. The van der Waals surface area contributed by atoms with Gasteiger partial charge in [-0.05, 0) is 18.9 Å². The monoisotopic (exact) mass is 438 g/mol. The molecule has 0 amide bonds. The van der Waals surface area contributed by atoms with Crippen LogP contribution in [0.2, 0.25) is 5.02 Å². The Hall–Kier alpha value is -2.30. The van der Waals surface area contributed by atoms with Gasteiger partial charge in [-0.15, -0.1) is 0 Å². The molecule has 1 fully saturated rings. The molecule has 0 bridgehead atoms. The molecule has 1 aliphatic heterocycles. The summed E-state index contributed by atoms with van der Waals surface area (Å²) in [6, 6.07) is 1.51. The van der Waals surface area contributed by atoms with E-state index in [1.54, 1.807) is 12.3 Å². The fourth-order valence-corrected chi connectivity index (χ4v) is 5.16. The number of pyridine rings is 1. The SMILES string of the molecule is CCCS(=O)(=O)N1CCC(Nc2nc(-c3c[nH]c4ncc(Cl)cc34)ncc2F)C1. The highest BCUT2D eigenvalue weighted by Crippen LogP contribution is 2.28. The van der Waals surface area contributed by atoms with E-state index in [0.717, 1.165) is 11.6 Å². The summed E-state index contributed by atoms with van der Waals surface area (Å²) in [7, 11) is -3.27. The van der Waals surface area contributed by atoms with Crippen molar-refractivity contribution in [1.29, 1.82) is 0 Å². The lowest BCUT2D eigenvalue weighted by Gasteiger charge is -2.17. The highest BCUT2D eigenvalue weighted by atomic mass is 35.5. The molecule has 1 saturated heterocycles. The Morgan fingerprint density at radius 2 is 2.21 bits per heavy atom. The molecule has 0 radical (unpaired) electrons. The minimum absolute atomic E-state index is 0.0408. The normalized spacial score (nSPS) is 17.8. The molecule has 3 aromatic heterocycles. The second-order valence-electron chi connectivity index (χ2n) is 6.95. The van der Waals surface area contributed by atoms with Gasteiger partial charge in [0.2, 0.25) is 10.0 Å². The van der Waals surface area contributed by atoms with Gasteiger partial charge in [-0.1, -0.05) is 18.5 Å². The molecule has 2 N–H and O–H groups in total. The largest absolute Gasteiger partial charge is 0.363 e. The van der Waals surface area contributed by atoms with E-state index in [1.807, 2.05) is 6.92 Å². The Bertz CT molecular complexity index is 1150. The maximum absolute atomic E-state index is 14.3. The van der Waals surface area contributed by atoms with Crippen molar-refractivity contribution < 1.29 is 12.8 Å². The van der Waals surface area contributed by atoms with Crippen molar-refractivity contribution in [1.82, 2.24) is 24.2 Å². The summed E-state index contributed by atoms with van der Waals surface area (Å²) in [6.45, 7) is 2.52. The molecule has 8 nitrogen and oxygen atoms in total. The lowest BCUT2D eigenvalue weighted by atomic mass is 10.2. The van der Waals surface area contributed by atoms with Gasteiger partial charge in [0, 0.05) is 42.5 Å². The second kappa shape index (κ2) is 7.85. The van der Waals surface area contributed by atoms with E-state index in [4.69, 9.17) is 11.6 Å². The van der Waals surface area contributed by atoms with Gasteiger partial charge < -0.3 is 10.3 Å². The summed E-state index contributed by atoms with van der Waals surface area (Å²) in [4.78, 5) is 15.6. The van der Waals surface area contributed by atoms with Gasteiger partial charge in [0.05, 0.1) is 17.0 Å². The van der Waals surface area contributed by atoms with Gasteiger partial charge in [-0.25, -0.2) is 27.8 Å². The third kappa shape index (κ3) is 4.05. The quantitative estimate of drug-likeness (QED) is 0.613. The summed E-state index contributed by atoms with van der Waals surface area (Å²) in [6.07, 6.45) is 5.46. The van der Waals surface area contributed by atoms with Crippen LogP contribution in [0.1, 0.15) is 19.8 Å². The van der Waals surface area contributed by atoms with Crippen molar-refractivity contribution >= 4 is 38.5 Å². The average Bonchev–Trinajstić information content (AvgIpc) is 3.31. The number of aromatic nitrogens is 4. The van der Waals surface area contributed by atoms with Gasteiger partial charge >= 0.3 is 0 Å². The van der Waals surface area contributed by atoms with Crippen LogP contribution in [-0.4, -0.2) is 57.5 Å². The summed E-state index contributed by atoms with van der Waals surface area (Å²) < 4.78 is 40.3. The Morgan fingerprint density at radius 1 is 1.38 bits per heavy atom. The number of nitrogens with zero attached hydrogens (tertiary/aromatic N) is 4. The molecule has 0 spiro atoms. The zero-order valence-electron chi connectivity index (χ0n) is 15.7. The Morgan fingerprint density at radius 3 is 3.00 bits per heavy atom. The first-order valence-electron chi connectivity index (χ1n) is 9.27. The molecule has 4 rings (SSSR count). The number of H-pyrrole nitrogens is 1. The molecule has 29 heavy (non-hydrogen) atoms. The maximum atomic E-state index is 14.3. The fourth-order valence-electron chi connectivity index (χ4n) is 3.44. The maximum Gasteiger partial charge on any atom is 0.214 e. The van der Waals surface area contributed by atoms with Crippen molar-refractivity contribution in [3.8, 4) is 11.4 Å². The number of nitrogens with one attached hydrogen (secondary N) is 2. The Balaban J connectivity index is 1.57. The summed E-state index contributed by atoms with van der Waals surface area (Å²) in [5.74, 6) is -0.125. The topological polar surface area (TPSA) is 104 Å².